The fraction of sp³-hybridized carbons (Fsp3) is 0.280. The summed E-state index contributed by atoms with van der Waals surface area (Å²) in [6.07, 6.45) is 4.15. The number of benzene rings is 1. The fourth-order valence-corrected chi connectivity index (χ4v) is 4.17. The maximum absolute atomic E-state index is 13.1. The largest absolute Gasteiger partial charge is 1.00 e. The molecule has 4 aromatic rings. The van der Waals surface area contributed by atoms with Crippen LogP contribution in [0.15, 0.2) is 60.0 Å². The molecule has 3 N–H and O–H groups in total. The molecule has 1 aliphatic rings. The van der Waals surface area contributed by atoms with E-state index in [0.29, 0.717) is 28.5 Å². The van der Waals surface area contributed by atoms with Crippen molar-refractivity contribution >= 4 is 22.7 Å². The molecule has 182 valence electrons. The molecule has 0 radical (unpaired) electrons. The average Bonchev–Trinajstić information content (AvgIpc) is 3.10. The second-order valence-corrected chi connectivity index (χ2v) is 8.89. The Kier molecular flexibility index (Phi) is 6.75. The van der Waals surface area contributed by atoms with Crippen molar-refractivity contribution in [3.63, 3.8) is 0 Å². The van der Waals surface area contributed by atoms with Crippen molar-refractivity contribution in [1.29, 1.82) is 0 Å². The van der Waals surface area contributed by atoms with Gasteiger partial charge in [0.15, 0.2) is 11.5 Å². The lowest BCUT2D eigenvalue weighted by Crippen LogP contribution is -3.00. The van der Waals surface area contributed by atoms with E-state index >= 15 is 0 Å². The molecular formula is C25H28ClN7O2. The molecule has 0 bridgehead atoms. The van der Waals surface area contributed by atoms with Gasteiger partial charge in [-0.15, -0.1) is 6.58 Å². The maximum atomic E-state index is 13.1. The van der Waals surface area contributed by atoms with E-state index < -0.39 is 5.60 Å². The molecule has 0 saturated carbocycles. The third-order valence-electron chi connectivity index (χ3n) is 5.90. The number of anilines is 2. The van der Waals surface area contributed by atoms with Gasteiger partial charge in [-0.25, -0.2) is 19.3 Å². The van der Waals surface area contributed by atoms with Crippen molar-refractivity contribution in [3.05, 3.63) is 82.4 Å². The first-order valence-electron chi connectivity index (χ1n) is 11.2. The normalized spacial score (nSPS) is 13.2. The molecular weight excluding hydrogens is 466 g/mol. The van der Waals surface area contributed by atoms with Gasteiger partial charge in [-0.2, -0.15) is 4.98 Å². The minimum absolute atomic E-state index is 0. The number of allylic oxidation sites excluding steroid dienone is 1. The quantitative estimate of drug-likeness (QED) is 0.322. The maximum Gasteiger partial charge on any atom is 1.00 e. The zero-order chi connectivity index (χ0) is 23.9. The number of aromatic nitrogens is 5. The molecule has 4 heterocycles. The summed E-state index contributed by atoms with van der Waals surface area (Å²) in [5.74, 6) is 0.851. The second kappa shape index (κ2) is 9.61. The Labute approximate surface area is 210 Å². The van der Waals surface area contributed by atoms with E-state index in [1.807, 2.05) is 6.07 Å². The molecule has 0 atom stereocenters. The molecule has 0 aliphatic carbocycles. The number of hydrogen-bond donors (Lipinski definition) is 3. The number of fused-ring (bicyclic) bond motifs is 2. The standard InChI is InChI=1S/C25H27N7O2.ClH/c1-4-12-31-23(33)19-15-27-24(28-18-9-8-17-14-26-11-10-16(17)13-18)30-22(19)32(31)21-7-5-6-20(29-21)25(2,3)34;/h4-9,13,15,26,34H,1,10-12,14H2,2-3H3,(H,27,28,30);1H. The van der Waals surface area contributed by atoms with Crippen LogP contribution in [0.1, 0.15) is 32.1 Å². The van der Waals surface area contributed by atoms with Gasteiger partial charge in [0.05, 0.1) is 12.2 Å². The molecule has 35 heavy (non-hydrogen) atoms. The summed E-state index contributed by atoms with van der Waals surface area (Å²) in [5.41, 5.74) is 3.02. The highest BCUT2D eigenvalue weighted by atomic mass is 35.5. The smallest absolute Gasteiger partial charge is 1.00 e. The molecule has 0 amide bonds. The Morgan fingerprint density at radius 2 is 2.09 bits per heavy atom. The number of pyridine rings is 1. The lowest BCUT2D eigenvalue weighted by atomic mass is 10.0. The molecule has 1 aliphatic heterocycles. The summed E-state index contributed by atoms with van der Waals surface area (Å²) in [6.45, 7) is 9.22. The van der Waals surface area contributed by atoms with Crippen molar-refractivity contribution in [2.24, 2.45) is 0 Å². The van der Waals surface area contributed by atoms with Gasteiger partial charge in [0.1, 0.15) is 11.0 Å². The number of nitrogens with one attached hydrogen (secondary N) is 2. The average molecular weight is 494 g/mol. The third-order valence-corrected chi connectivity index (χ3v) is 5.90. The molecule has 1 aromatic carbocycles. The van der Waals surface area contributed by atoms with Gasteiger partial charge in [0.25, 0.3) is 5.56 Å². The predicted octanol–water partition coefficient (Wildman–Crippen LogP) is -0.104. The summed E-state index contributed by atoms with van der Waals surface area (Å²) < 4.78 is 3.17. The summed E-state index contributed by atoms with van der Waals surface area (Å²) in [5, 5.41) is 17.5. The van der Waals surface area contributed by atoms with E-state index in [-0.39, 0.29) is 25.9 Å². The Bertz CT molecular complexity index is 1460. The molecule has 3 aromatic heterocycles. The van der Waals surface area contributed by atoms with Gasteiger partial charge in [-0.05, 0) is 62.2 Å². The van der Waals surface area contributed by atoms with E-state index in [1.165, 1.54) is 22.0 Å². The van der Waals surface area contributed by atoms with E-state index in [1.54, 1.807) is 42.8 Å². The molecule has 0 unspecified atom stereocenters. The minimum Gasteiger partial charge on any atom is -1.00 e. The van der Waals surface area contributed by atoms with Crippen LogP contribution < -0.4 is 28.6 Å². The first-order chi connectivity index (χ1) is 16.3. The van der Waals surface area contributed by atoms with Crippen LogP contribution in [0.2, 0.25) is 0 Å². The Morgan fingerprint density at radius 3 is 2.86 bits per heavy atom. The van der Waals surface area contributed by atoms with Crippen molar-refractivity contribution in [2.45, 2.75) is 39.0 Å². The van der Waals surface area contributed by atoms with Crippen molar-refractivity contribution in [2.75, 3.05) is 11.9 Å². The molecule has 0 saturated heterocycles. The molecule has 0 fully saturated rings. The highest BCUT2D eigenvalue weighted by Gasteiger charge is 2.22. The van der Waals surface area contributed by atoms with Gasteiger partial charge >= 0.3 is 1.43 Å². The van der Waals surface area contributed by atoms with Crippen molar-refractivity contribution in [3.8, 4) is 5.82 Å². The van der Waals surface area contributed by atoms with Crippen LogP contribution in [0.3, 0.4) is 0 Å². The summed E-state index contributed by atoms with van der Waals surface area (Å²) in [6, 6.07) is 11.5. The summed E-state index contributed by atoms with van der Waals surface area (Å²) in [7, 11) is 0. The van der Waals surface area contributed by atoms with Gasteiger partial charge in [-0.3, -0.25) is 4.79 Å². The van der Waals surface area contributed by atoms with Crippen molar-refractivity contribution in [1.82, 2.24) is 29.6 Å². The van der Waals surface area contributed by atoms with E-state index in [4.69, 9.17) is 0 Å². The van der Waals surface area contributed by atoms with Crippen molar-refractivity contribution < 1.29 is 18.9 Å². The van der Waals surface area contributed by atoms with E-state index in [9.17, 15) is 9.90 Å². The topological polar surface area (TPSA) is 110 Å². The number of halogens is 1. The molecule has 10 heteroatoms. The van der Waals surface area contributed by atoms with Gasteiger partial charge in [0, 0.05) is 18.4 Å². The van der Waals surface area contributed by atoms with E-state index in [0.717, 1.165) is 25.2 Å². The zero-order valence-electron chi connectivity index (χ0n) is 20.6. The fourth-order valence-electron chi connectivity index (χ4n) is 4.17. The second-order valence-electron chi connectivity index (χ2n) is 8.89. The predicted molar refractivity (Wildman–Crippen MR) is 133 cm³/mol. The Morgan fingerprint density at radius 1 is 1.26 bits per heavy atom. The van der Waals surface area contributed by atoms with E-state index in [2.05, 4.69) is 44.3 Å². The van der Waals surface area contributed by atoms with Gasteiger partial charge in [0.2, 0.25) is 5.95 Å². The van der Waals surface area contributed by atoms with Crippen LogP contribution >= 0.6 is 0 Å². The molecule has 5 rings (SSSR count). The highest BCUT2D eigenvalue weighted by molar-refractivity contribution is 5.77. The summed E-state index contributed by atoms with van der Waals surface area (Å²) >= 11 is 0. The SMILES string of the molecule is C=CCn1c(=O)c2cnc(Nc3ccc4c(c3)CCNC4)nc2n1-c1cccc(C(C)(C)O)n1.[Cl-].[H+]. The number of hydrogen-bond acceptors (Lipinski definition) is 7. The lowest BCUT2D eigenvalue weighted by Gasteiger charge is -2.18. The number of rotatable bonds is 6. The monoisotopic (exact) mass is 493 g/mol. The van der Waals surface area contributed by atoms with Gasteiger partial charge in [-0.1, -0.05) is 18.2 Å². The summed E-state index contributed by atoms with van der Waals surface area (Å²) in [4.78, 5) is 26.8. The van der Waals surface area contributed by atoms with Crippen LogP contribution in [0.25, 0.3) is 16.9 Å². The minimum atomic E-state index is -1.13. The van der Waals surface area contributed by atoms with Crippen LogP contribution in [0.4, 0.5) is 11.6 Å². The van der Waals surface area contributed by atoms with Crippen LogP contribution in [0.5, 0.6) is 0 Å². The highest BCUT2D eigenvalue weighted by Crippen LogP contribution is 2.23. The van der Waals surface area contributed by atoms with Crippen LogP contribution in [-0.2, 0) is 25.1 Å². The first-order valence-corrected chi connectivity index (χ1v) is 11.2. The molecule has 0 spiro atoms. The van der Waals surface area contributed by atoms with Crippen LogP contribution in [-0.4, -0.2) is 36.0 Å². The Hall–Kier alpha value is -3.53. The van der Waals surface area contributed by atoms with Crippen LogP contribution in [0, 0.1) is 0 Å². The Balaban J connectivity index is 0.00000180. The molecule has 9 nitrogen and oxygen atoms in total. The third kappa shape index (κ3) is 4.70. The number of nitrogens with zero attached hydrogens (tertiary/aromatic N) is 5. The number of aliphatic hydroxyl groups is 1. The lowest BCUT2D eigenvalue weighted by molar-refractivity contribution is -0.0000141. The zero-order valence-corrected chi connectivity index (χ0v) is 20.4. The van der Waals surface area contributed by atoms with Gasteiger partial charge < -0.3 is 28.1 Å². The first kappa shape index (κ1) is 24.6.